The van der Waals surface area contributed by atoms with Crippen LogP contribution in [0.3, 0.4) is 0 Å². The van der Waals surface area contributed by atoms with Crippen molar-refractivity contribution in [2.75, 3.05) is 13.7 Å². The quantitative estimate of drug-likeness (QED) is 0.441. The zero-order valence-corrected chi connectivity index (χ0v) is 13.9. The Balaban J connectivity index is 2.01. The molecule has 0 aliphatic heterocycles. The van der Waals surface area contributed by atoms with Crippen LogP contribution in [0.5, 0.6) is 11.5 Å². The van der Waals surface area contributed by atoms with Gasteiger partial charge in [-0.2, -0.15) is 0 Å². The van der Waals surface area contributed by atoms with Crippen molar-refractivity contribution in [1.82, 2.24) is 4.72 Å². The van der Waals surface area contributed by atoms with Crippen LogP contribution < -0.4 is 15.2 Å². The van der Waals surface area contributed by atoms with E-state index in [4.69, 9.17) is 15.9 Å². The first-order valence-corrected chi connectivity index (χ1v) is 8.62. The molecule has 0 saturated carbocycles. The molecule has 0 atom stereocenters. The van der Waals surface area contributed by atoms with Crippen molar-refractivity contribution < 1.29 is 18.3 Å². The average Bonchev–Trinajstić information content (AvgIpc) is 2.56. The first kappa shape index (κ1) is 17.8. The van der Waals surface area contributed by atoms with Gasteiger partial charge in [-0.1, -0.05) is 6.07 Å². The summed E-state index contributed by atoms with van der Waals surface area (Å²) in [5.41, 5.74) is 6.64. The summed E-state index contributed by atoms with van der Waals surface area (Å²) in [4.78, 5) is 0.107. The normalized spacial score (nSPS) is 11.2. The number of ether oxygens (including phenoxy) is 1. The number of hydrogen-bond donors (Lipinski definition) is 4. The molecule has 2 aromatic rings. The van der Waals surface area contributed by atoms with Crippen molar-refractivity contribution in [3.05, 3.63) is 53.6 Å². The number of aromatic hydroxyl groups is 1. The van der Waals surface area contributed by atoms with Crippen LogP contribution in [0, 0.1) is 5.41 Å². The molecule has 0 spiro atoms. The smallest absolute Gasteiger partial charge is 0.240 e. The van der Waals surface area contributed by atoms with Crippen LogP contribution in [-0.2, 0) is 16.4 Å². The molecule has 2 rings (SSSR count). The molecule has 5 N–H and O–H groups in total. The number of hydrogen-bond acceptors (Lipinski definition) is 5. The summed E-state index contributed by atoms with van der Waals surface area (Å²) in [6.45, 7) is 0.199. The van der Waals surface area contributed by atoms with Crippen LogP contribution in [0.2, 0.25) is 0 Å². The molecule has 2 aromatic carbocycles. The molecule has 0 radical (unpaired) electrons. The lowest BCUT2D eigenvalue weighted by Gasteiger charge is -2.09. The molecule has 0 aromatic heterocycles. The number of phenols is 1. The third kappa shape index (κ3) is 4.24. The van der Waals surface area contributed by atoms with Crippen molar-refractivity contribution in [3.8, 4) is 11.5 Å². The molecule has 0 heterocycles. The minimum absolute atomic E-state index is 0.0346. The van der Waals surface area contributed by atoms with Crippen LogP contribution >= 0.6 is 0 Å². The van der Waals surface area contributed by atoms with Crippen molar-refractivity contribution in [2.24, 2.45) is 5.73 Å². The fourth-order valence-corrected chi connectivity index (χ4v) is 3.14. The number of amidine groups is 1. The Morgan fingerprint density at radius 3 is 2.50 bits per heavy atom. The van der Waals surface area contributed by atoms with Crippen LogP contribution in [0.4, 0.5) is 0 Å². The lowest BCUT2D eigenvalue weighted by molar-refractivity contribution is 0.373. The molecule has 0 fully saturated rings. The maximum absolute atomic E-state index is 12.2. The molecule has 0 saturated heterocycles. The van der Waals surface area contributed by atoms with E-state index in [9.17, 15) is 13.5 Å². The maximum atomic E-state index is 12.2. The van der Waals surface area contributed by atoms with Crippen LogP contribution in [0.25, 0.3) is 0 Å². The molecule has 0 aliphatic carbocycles. The predicted octanol–water partition coefficient (Wildman–Crippen LogP) is 1.21. The summed E-state index contributed by atoms with van der Waals surface area (Å²) < 4.78 is 32.0. The first-order chi connectivity index (χ1) is 11.3. The second-order valence-corrected chi connectivity index (χ2v) is 6.86. The van der Waals surface area contributed by atoms with Gasteiger partial charge >= 0.3 is 0 Å². The zero-order chi connectivity index (χ0) is 17.7. The topological polar surface area (TPSA) is 126 Å². The van der Waals surface area contributed by atoms with Gasteiger partial charge in [-0.15, -0.1) is 0 Å². The van der Waals surface area contributed by atoms with E-state index in [1.165, 1.54) is 37.4 Å². The summed E-state index contributed by atoms with van der Waals surface area (Å²) in [5.74, 6) is 0.260. The highest BCUT2D eigenvalue weighted by Crippen LogP contribution is 2.26. The lowest BCUT2D eigenvalue weighted by Crippen LogP contribution is -2.26. The van der Waals surface area contributed by atoms with E-state index in [1.807, 2.05) is 0 Å². The summed E-state index contributed by atoms with van der Waals surface area (Å²) in [5, 5.41) is 16.8. The van der Waals surface area contributed by atoms with Crippen LogP contribution in [-0.4, -0.2) is 33.0 Å². The molecular weight excluding hydrogens is 330 g/mol. The van der Waals surface area contributed by atoms with Gasteiger partial charge in [-0.25, -0.2) is 13.1 Å². The van der Waals surface area contributed by atoms with Crippen molar-refractivity contribution in [2.45, 2.75) is 11.3 Å². The summed E-state index contributed by atoms with van der Waals surface area (Å²) in [7, 11) is -2.19. The fourth-order valence-electron chi connectivity index (χ4n) is 2.10. The van der Waals surface area contributed by atoms with Gasteiger partial charge in [0.1, 0.15) is 5.84 Å². The van der Waals surface area contributed by atoms with E-state index in [-0.39, 0.29) is 23.0 Å². The van der Waals surface area contributed by atoms with Gasteiger partial charge < -0.3 is 15.6 Å². The van der Waals surface area contributed by atoms with Gasteiger partial charge in [0.25, 0.3) is 0 Å². The maximum Gasteiger partial charge on any atom is 0.240 e. The highest BCUT2D eigenvalue weighted by molar-refractivity contribution is 7.89. The van der Waals surface area contributed by atoms with Crippen LogP contribution in [0.15, 0.2) is 47.4 Å². The Hall–Kier alpha value is -2.58. The van der Waals surface area contributed by atoms with E-state index in [2.05, 4.69) is 4.72 Å². The Bertz CT molecular complexity index is 833. The van der Waals surface area contributed by atoms with E-state index in [1.54, 1.807) is 12.1 Å². The van der Waals surface area contributed by atoms with E-state index in [0.29, 0.717) is 17.7 Å². The zero-order valence-electron chi connectivity index (χ0n) is 13.1. The largest absolute Gasteiger partial charge is 0.504 e. The molecule has 24 heavy (non-hydrogen) atoms. The summed E-state index contributed by atoms with van der Waals surface area (Å²) in [6, 6.07) is 10.6. The third-order valence-corrected chi connectivity index (χ3v) is 4.90. The number of nitrogen functional groups attached to an aromatic ring is 1. The lowest BCUT2D eigenvalue weighted by atomic mass is 10.1. The number of rotatable bonds is 7. The van der Waals surface area contributed by atoms with Crippen molar-refractivity contribution in [1.29, 1.82) is 5.41 Å². The monoisotopic (exact) mass is 349 g/mol. The Labute approximate surface area is 140 Å². The third-order valence-electron chi connectivity index (χ3n) is 3.43. The Morgan fingerprint density at radius 1 is 1.25 bits per heavy atom. The van der Waals surface area contributed by atoms with Gasteiger partial charge in [0, 0.05) is 12.1 Å². The number of nitrogens with one attached hydrogen (secondary N) is 2. The predicted molar refractivity (Wildman–Crippen MR) is 91.0 cm³/mol. The molecule has 0 bridgehead atoms. The van der Waals surface area contributed by atoms with Gasteiger partial charge in [0.15, 0.2) is 11.5 Å². The summed E-state index contributed by atoms with van der Waals surface area (Å²) in [6.07, 6.45) is 0.446. The van der Waals surface area contributed by atoms with E-state index < -0.39 is 10.0 Å². The van der Waals surface area contributed by atoms with Crippen LogP contribution in [0.1, 0.15) is 11.1 Å². The second-order valence-electron chi connectivity index (χ2n) is 5.09. The molecule has 0 amide bonds. The molecular formula is C16H19N3O4S. The highest BCUT2D eigenvalue weighted by atomic mass is 32.2. The highest BCUT2D eigenvalue weighted by Gasteiger charge is 2.13. The number of methoxy groups -OCH3 is 1. The fraction of sp³-hybridized carbons (Fsp3) is 0.188. The minimum Gasteiger partial charge on any atom is -0.504 e. The molecule has 8 heteroatoms. The van der Waals surface area contributed by atoms with E-state index in [0.717, 1.165) is 5.56 Å². The average molecular weight is 349 g/mol. The Kier molecular flexibility index (Phi) is 5.42. The number of nitrogens with two attached hydrogens (primary N) is 1. The molecule has 0 aliphatic rings. The van der Waals surface area contributed by atoms with Gasteiger partial charge in [-0.3, -0.25) is 5.41 Å². The number of sulfonamides is 1. The Morgan fingerprint density at radius 2 is 1.92 bits per heavy atom. The molecule has 7 nitrogen and oxygen atoms in total. The number of phenolic OH excluding ortho intramolecular Hbond substituents is 1. The molecule has 128 valence electrons. The van der Waals surface area contributed by atoms with Gasteiger partial charge in [0.05, 0.1) is 12.0 Å². The minimum atomic E-state index is -3.64. The standard InChI is InChI=1S/C16H19N3O4S/c1-23-15-10-11(2-7-14(15)20)8-9-19-24(21,22)13-5-3-12(4-6-13)16(17)18/h2-7,10,19-20H,8-9H2,1H3,(H3,17,18). The SMILES string of the molecule is COc1cc(CCNS(=O)(=O)c2ccc(C(=N)N)cc2)ccc1O. The van der Waals surface area contributed by atoms with Gasteiger partial charge in [0.2, 0.25) is 10.0 Å². The van der Waals surface area contributed by atoms with Crippen molar-refractivity contribution >= 4 is 15.9 Å². The molecule has 0 unspecified atom stereocenters. The van der Waals surface area contributed by atoms with Crippen molar-refractivity contribution in [3.63, 3.8) is 0 Å². The second kappa shape index (κ2) is 7.33. The van der Waals surface area contributed by atoms with E-state index >= 15 is 0 Å². The first-order valence-electron chi connectivity index (χ1n) is 7.13. The number of benzene rings is 2. The van der Waals surface area contributed by atoms with Gasteiger partial charge in [-0.05, 0) is 48.4 Å². The summed E-state index contributed by atoms with van der Waals surface area (Å²) >= 11 is 0.